The first-order chi connectivity index (χ1) is 11.5. The van der Waals surface area contributed by atoms with Crippen LogP contribution in [0.5, 0.6) is 0 Å². The summed E-state index contributed by atoms with van der Waals surface area (Å²) in [6.45, 7) is 3.67. The highest BCUT2D eigenvalue weighted by Gasteiger charge is 2.21. The second-order valence-corrected chi connectivity index (χ2v) is 6.02. The molecule has 0 radical (unpaired) electrons. The van der Waals surface area contributed by atoms with E-state index < -0.39 is 11.6 Å². The van der Waals surface area contributed by atoms with Gasteiger partial charge in [0.2, 0.25) is 5.95 Å². The number of rotatable bonds is 3. The largest absolute Gasteiger partial charge is 0.339 e. The van der Waals surface area contributed by atoms with Gasteiger partial charge in [-0.25, -0.2) is 18.7 Å². The van der Waals surface area contributed by atoms with Crippen LogP contribution in [0.3, 0.4) is 0 Å². The molecule has 0 bridgehead atoms. The van der Waals surface area contributed by atoms with E-state index in [2.05, 4.69) is 22.2 Å². The Morgan fingerprint density at radius 1 is 1.17 bits per heavy atom. The molecule has 1 N–H and O–H groups in total. The highest BCUT2D eigenvalue weighted by Crippen LogP contribution is 2.19. The van der Waals surface area contributed by atoms with Gasteiger partial charge in [-0.1, -0.05) is 6.92 Å². The van der Waals surface area contributed by atoms with Crippen molar-refractivity contribution in [2.75, 3.05) is 18.4 Å². The van der Waals surface area contributed by atoms with Crippen LogP contribution >= 0.6 is 0 Å². The lowest BCUT2D eigenvalue weighted by atomic mass is 9.99. The fraction of sp³-hybridized carbons (Fsp3) is 0.353. The third-order valence-electron chi connectivity index (χ3n) is 4.15. The fourth-order valence-electron chi connectivity index (χ4n) is 2.60. The fourth-order valence-corrected chi connectivity index (χ4v) is 2.60. The molecule has 1 amide bonds. The van der Waals surface area contributed by atoms with Gasteiger partial charge in [-0.2, -0.15) is 0 Å². The van der Waals surface area contributed by atoms with Gasteiger partial charge in [0.25, 0.3) is 5.91 Å². The van der Waals surface area contributed by atoms with E-state index in [0.29, 0.717) is 17.2 Å². The van der Waals surface area contributed by atoms with Gasteiger partial charge in [0.1, 0.15) is 0 Å². The summed E-state index contributed by atoms with van der Waals surface area (Å²) in [7, 11) is 0. The number of piperidine rings is 1. The summed E-state index contributed by atoms with van der Waals surface area (Å²) in [4.78, 5) is 22.3. The van der Waals surface area contributed by atoms with E-state index in [4.69, 9.17) is 0 Å². The minimum atomic E-state index is -0.953. The second-order valence-electron chi connectivity index (χ2n) is 6.02. The van der Waals surface area contributed by atoms with Crippen LogP contribution in [0.2, 0.25) is 0 Å². The van der Waals surface area contributed by atoms with Crippen molar-refractivity contribution >= 4 is 17.5 Å². The average Bonchev–Trinajstić information content (AvgIpc) is 2.59. The smallest absolute Gasteiger partial charge is 0.256 e. The highest BCUT2D eigenvalue weighted by atomic mass is 19.2. The van der Waals surface area contributed by atoms with Crippen molar-refractivity contribution in [3.8, 4) is 0 Å². The van der Waals surface area contributed by atoms with Gasteiger partial charge in [-0.15, -0.1) is 0 Å². The van der Waals surface area contributed by atoms with Gasteiger partial charge in [-0.3, -0.25) is 4.79 Å². The Hall–Kier alpha value is -2.57. The number of likely N-dealkylation sites (tertiary alicyclic amines) is 1. The number of carbonyl (C=O) groups excluding carboxylic acids is 1. The molecule has 2 heterocycles. The molecule has 24 heavy (non-hydrogen) atoms. The second kappa shape index (κ2) is 6.90. The molecule has 0 aliphatic carbocycles. The third kappa shape index (κ3) is 3.67. The molecule has 1 aliphatic heterocycles. The summed E-state index contributed by atoms with van der Waals surface area (Å²) < 4.78 is 26.1. The molecule has 1 saturated heterocycles. The van der Waals surface area contributed by atoms with Gasteiger partial charge in [0.05, 0.1) is 5.56 Å². The van der Waals surface area contributed by atoms with Crippen LogP contribution in [-0.4, -0.2) is 33.9 Å². The van der Waals surface area contributed by atoms with E-state index in [0.717, 1.165) is 38.1 Å². The van der Waals surface area contributed by atoms with E-state index in [1.54, 1.807) is 4.90 Å². The molecule has 2 aromatic rings. The number of aromatic nitrogens is 2. The topological polar surface area (TPSA) is 58.1 Å². The van der Waals surface area contributed by atoms with E-state index >= 15 is 0 Å². The minimum Gasteiger partial charge on any atom is -0.339 e. The zero-order valence-electron chi connectivity index (χ0n) is 13.3. The molecule has 0 spiro atoms. The molecule has 5 nitrogen and oxygen atoms in total. The number of amides is 1. The highest BCUT2D eigenvalue weighted by molar-refractivity contribution is 5.93. The molecule has 0 atom stereocenters. The molecule has 1 fully saturated rings. The molecular weight excluding hydrogens is 314 g/mol. The number of halogens is 2. The van der Waals surface area contributed by atoms with Crippen LogP contribution in [0.1, 0.15) is 30.1 Å². The van der Waals surface area contributed by atoms with Crippen LogP contribution in [0.25, 0.3) is 0 Å². The molecule has 3 rings (SSSR count). The third-order valence-corrected chi connectivity index (χ3v) is 4.15. The number of benzene rings is 1. The molecule has 126 valence electrons. The number of hydrogen-bond acceptors (Lipinski definition) is 4. The lowest BCUT2D eigenvalue weighted by Crippen LogP contribution is -2.38. The van der Waals surface area contributed by atoms with Crippen molar-refractivity contribution in [3.05, 3.63) is 47.8 Å². The Bertz CT molecular complexity index is 728. The summed E-state index contributed by atoms with van der Waals surface area (Å²) in [5.74, 6) is -1.09. The van der Waals surface area contributed by atoms with E-state index in [9.17, 15) is 13.6 Å². The number of hydrogen-bond donors (Lipinski definition) is 1. The Labute approximate surface area is 138 Å². The standard InChI is InChI=1S/C17H18F2N4O/c1-11-4-6-23(7-5-11)16(24)12-9-20-17(21-10-12)22-13-2-3-14(18)15(19)8-13/h2-3,8-11H,4-7H2,1H3,(H,20,21,22). The van der Waals surface area contributed by atoms with Crippen LogP contribution < -0.4 is 5.32 Å². The van der Waals surface area contributed by atoms with Crippen LogP contribution in [0.15, 0.2) is 30.6 Å². The van der Waals surface area contributed by atoms with Gasteiger partial charge in [0, 0.05) is 37.2 Å². The van der Waals surface area contributed by atoms with Gasteiger partial charge >= 0.3 is 0 Å². The van der Waals surface area contributed by atoms with Crippen LogP contribution in [-0.2, 0) is 0 Å². The van der Waals surface area contributed by atoms with Crippen molar-refractivity contribution in [2.45, 2.75) is 19.8 Å². The van der Waals surface area contributed by atoms with Crippen molar-refractivity contribution in [1.82, 2.24) is 14.9 Å². The normalized spacial score (nSPS) is 15.4. The zero-order chi connectivity index (χ0) is 17.1. The summed E-state index contributed by atoms with van der Waals surface area (Å²) in [6, 6.07) is 3.43. The number of anilines is 2. The Morgan fingerprint density at radius 3 is 2.46 bits per heavy atom. The predicted molar refractivity (Wildman–Crippen MR) is 86.0 cm³/mol. The lowest BCUT2D eigenvalue weighted by Gasteiger charge is -2.30. The first-order valence-electron chi connectivity index (χ1n) is 7.86. The minimum absolute atomic E-state index is 0.0822. The molecule has 7 heteroatoms. The van der Waals surface area contributed by atoms with E-state index in [1.165, 1.54) is 18.5 Å². The van der Waals surface area contributed by atoms with E-state index in [-0.39, 0.29) is 11.9 Å². The van der Waals surface area contributed by atoms with Crippen molar-refractivity contribution in [3.63, 3.8) is 0 Å². The molecule has 1 aromatic carbocycles. The first-order valence-corrected chi connectivity index (χ1v) is 7.86. The van der Waals surface area contributed by atoms with Crippen LogP contribution in [0, 0.1) is 17.6 Å². The SMILES string of the molecule is CC1CCN(C(=O)c2cnc(Nc3ccc(F)c(F)c3)nc2)CC1. The summed E-state index contributed by atoms with van der Waals surface area (Å²) >= 11 is 0. The van der Waals surface area contributed by atoms with Crippen molar-refractivity contribution in [1.29, 1.82) is 0 Å². The number of carbonyl (C=O) groups is 1. The maximum Gasteiger partial charge on any atom is 0.256 e. The first kappa shape index (κ1) is 16.3. The zero-order valence-corrected chi connectivity index (χ0v) is 13.3. The summed E-state index contributed by atoms with van der Waals surface area (Å²) in [5, 5.41) is 2.77. The predicted octanol–water partition coefficient (Wildman–Crippen LogP) is 3.37. The quantitative estimate of drug-likeness (QED) is 0.936. The molecule has 0 saturated carbocycles. The van der Waals surface area contributed by atoms with Gasteiger partial charge in [-0.05, 0) is 30.9 Å². The molecule has 0 unspecified atom stereocenters. The summed E-state index contributed by atoms with van der Waals surface area (Å²) in [6.07, 6.45) is 4.88. The number of nitrogens with one attached hydrogen (secondary N) is 1. The van der Waals surface area contributed by atoms with E-state index in [1.807, 2.05) is 0 Å². The van der Waals surface area contributed by atoms with Crippen molar-refractivity contribution < 1.29 is 13.6 Å². The Kier molecular flexibility index (Phi) is 4.69. The monoisotopic (exact) mass is 332 g/mol. The Morgan fingerprint density at radius 2 is 1.83 bits per heavy atom. The molecular formula is C17H18F2N4O. The molecule has 1 aliphatic rings. The van der Waals surface area contributed by atoms with Gasteiger partial charge in [0.15, 0.2) is 11.6 Å². The molecule has 1 aromatic heterocycles. The maximum atomic E-state index is 13.2. The lowest BCUT2D eigenvalue weighted by molar-refractivity contribution is 0.0696. The Balaban J connectivity index is 1.66. The van der Waals surface area contributed by atoms with Crippen molar-refractivity contribution in [2.24, 2.45) is 5.92 Å². The van der Waals surface area contributed by atoms with Crippen LogP contribution in [0.4, 0.5) is 20.4 Å². The van der Waals surface area contributed by atoms with Gasteiger partial charge < -0.3 is 10.2 Å². The number of nitrogens with zero attached hydrogens (tertiary/aromatic N) is 3. The summed E-state index contributed by atoms with van der Waals surface area (Å²) in [5.41, 5.74) is 0.749. The average molecular weight is 332 g/mol. The maximum absolute atomic E-state index is 13.2.